The number of hydrogen-bond donors (Lipinski definition) is 2. The second kappa shape index (κ2) is 11.4. The number of amides is 1. The maximum atomic E-state index is 11.7. The molecule has 0 bridgehead atoms. The highest BCUT2D eigenvalue weighted by molar-refractivity contribution is 7.21. The summed E-state index contributed by atoms with van der Waals surface area (Å²) < 4.78 is 6.40. The first-order chi connectivity index (χ1) is 16.9. The van der Waals surface area contributed by atoms with Gasteiger partial charge in [0.15, 0.2) is 5.82 Å². The van der Waals surface area contributed by atoms with Gasteiger partial charge in [-0.2, -0.15) is 0 Å². The van der Waals surface area contributed by atoms with Crippen molar-refractivity contribution in [3.05, 3.63) is 58.5 Å². The number of hydrogen-bond acceptors (Lipinski definition) is 8. The van der Waals surface area contributed by atoms with Crippen LogP contribution in [0.1, 0.15) is 27.2 Å². The first kappa shape index (κ1) is 24.8. The van der Waals surface area contributed by atoms with E-state index < -0.39 is 5.91 Å². The van der Waals surface area contributed by atoms with Gasteiger partial charge in [0, 0.05) is 31.1 Å². The van der Waals surface area contributed by atoms with Crippen LogP contribution in [0.4, 0.5) is 11.5 Å². The molecule has 5 rings (SSSR count). The summed E-state index contributed by atoms with van der Waals surface area (Å²) in [6.45, 7) is 7.52. The summed E-state index contributed by atoms with van der Waals surface area (Å²) >= 11 is 1.36. The number of morpholine rings is 1. The van der Waals surface area contributed by atoms with Gasteiger partial charge >= 0.3 is 0 Å². The van der Waals surface area contributed by atoms with Gasteiger partial charge in [0.05, 0.1) is 34.0 Å². The number of rotatable bonds is 5. The molecule has 0 atom stereocenters. The molecule has 4 N–H and O–H groups in total. The number of nitrogens with zero attached hydrogens (tertiary/aromatic N) is 4. The molecule has 4 heterocycles. The summed E-state index contributed by atoms with van der Waals surface area (Å²) in [7, 11) is 2.14. The van der Waals surface area contributed by atoms with Crippen LogP contribution in [0.25, 0.3) is 15.9 Å². The predicted molar refractivity (Wildman–Crippen MR) is 145 cm³/mol. The molecule has 35 heavy (non-hydrogen) atoms. The number of carbonyl (C=O) groups excluding carboxylic acids is 1. The topological polar surface area (TPSA) is 110 Å². The average molecular weight is 493 g/mol. The van der Waals surface area contributed by atoms with Crippen LogP contribution < -0.4 is 16.4 Å². The molecule has 0 aliphatic carbocycles. The molecular formula is C26H32N6O2S. The minimum Gasteiger partial charge on any atom is -0.398 e. The molecule has 0 spiro atoms. The summed E-state index contributed by atoms with van der Waals surface area (Å²) in [5, 5.41) is 0. The highest BCUT2D eigenvalue weighted by Gasteiger charge is 2.19. The van der Waals surface area contributed by atoms with E-state index in [1.807, 2.05) is 37.3 Å². The predicted octanol–water partition coefficient (Wildman–Crippen LogP) is 3.56. The van der Waals surface area contributed by atoms with Crippen molar-refractivity contribution in [1.29, 1.82) is 0 Å². The summed E-state index contributed by atoms with van der Waals surface area (Å²) in [6.07, 6.45) is 4.82. The summed E-state index contributed by atoms with van der Waals surface area (Å²) in [6, 6.07) is 11.6. The largest absolute Gasteiger partial charge is 0.398 e. The van der Waals surface area contributed by atoms with Crippen molar-refractivity contribution in [2.24, 2.45) is 16.5 Å². The lowest BCUT2D eigenvalue weighted by atomic mass is 10.1. The fourth-order valence-corrected chi connectivity index (χ4v) is 4.80. The highest BCUT2D eigenvalue weighted by Crippen LogP contribution is 2.36. The van der Waals surface area contributed by atoms with Gasteiger partial charge in [-0.15, -0.1) is 11.3 Å². The molecule has 2 aliphatic rings. The molecule has 3 aromatic rings. The Kier molecular flexibility index (Phi) is 8.12. The van der Waals surface area contributed by atoms with Gasteiger partial charge in [0.2, 0.25) is 0 Å². The van der Waals surface area contributed by atoms with Crippen molar-refractivity contribution in [3.8, 4) is 0 Å². The molecule has 2 aliphatic heterocycles. The van der Waals surface area contributed by atoms with E-state index in [0.29, 0.717) is 35.1 Å². The van der Waals surface area contributed by atoms with E-state index in [4.69, 9.17) is 16.2 Å². The van der Waals surface area contributed by atoms with Crippen molar-refractivity contribution in [2.45, 2.75) is 13.3 Å². The van der Waals surface area contributed by atoms with E-state index >= 15 is 0 Å². The van der Waals surface area contributed by atoms with E-state index in [9.17, 15) is 4.79 Å². The summed E-state index contributed by atoms with van der Waals surface area (Å²) in [5.41, 5.74) is 16.1. The van der Waals surface area contributed by atoms with E-state index in [-0.39, 0.29) is 0 Å². The first-order valence-electron chi connectivity index (χ1n) is 11.7. The number of aliphatic imine (C=N–C) groups is 1. The Labute approximate surface area is 209 Å². The van der Waals surface area contributed by atoms with E-state index in [0.717, 1.165) is 34.6 Å². The van der Waals surface area contributed by atoms with Crippen LogP contribution in [0.2, 0.25) is 0 Å². The summed E-state index contributed by atoms with van der Waals surface area (Å²) in [4.78, 5) is 25.8. The third-order valence-corrected chi connectivity index (χ3v) is 7.09. The Balaban J connectivity index is 0.000000514. The number of aromatic nitrogens is 1. The van der Waals surface area contributed by atoms with E-state index in [1.165, 1.54) is 30.8 Å². The van der Waals surface area contributed by atoms with Crippen molar-refractivity contribution in [1.82, 2.24) is 9.88 Å². The van der Waals surface area contributed by atoms with Crippen molar-refractivity contribution in [2.75, 3.05) is 51.3 Å². The van der Waals surface area contributed by atoms with Gasteiger partial charge in [-0.25, -0.2) is 9.98 Å². The molecule has 184 valence electrons. The van der Waals surface area contributed by atoms with Crippen molar-refractivity contribution < 1.29 is 9.53 Å². The van der Waals surface area contributed by atoms with Gasteiger partial charge in [-0.3, -0.25) is 4.79 Å². The molecule has 1 amide bonds. The molecule has 0 saturated carbocycles. The van der Waals surface area contributed by atoms with Gasteiger partial charge < -0.3 is 26.0 Å². The summed E-state index contributed by atoms with van der Waals surface area (Å²) in [5.74, 6) is 0.0935. The smallest absolute Gasteiger partial charge is 0.258 e. The number of benzene rings is 1. The zero-order valence-electron chi connectivity index (χ0n) is 20.2. The standard InChI is InChI=1S/C22H23N5O2S.C4H9N/c1-14-3-2-4-15(11-14)16(23)5-6-25-20-13-18(27-7-9-29-10-8-27)21-17(26-20)12-19(30-21)22(24)28;1-5-3-2-4-5/h2-6,11-13H,7-10,23H2,1H3,(H2,24,28);2-4H2,1H3/b16-5-,25-6?;. The van der Waals surface area contributed by atoms with Crippen LogP contribution in [-0.2, 0) is 4.74 Å². The first-order valence-corrected chi connectivity index (χ1v) is 12.5. The number of nitrogens with two attached hydrogens (primary N) is 2. The lowest BCUT2D eigenvalue weighted by Crippen LogP contribution is -2.36. The van der Waals surface area contributed by atoms with Crippen molar-refractivity contribution in [3.63, 3.8) is 0 Å². The Morgan fingerprint density at radius 1 is 1.14 bits per heavy atom. The normalized spacial score (nSPS) is 16.7. The average Bonchev–Trinajstić information content (AvgIpc) is 3.28. The maximum absolute atomic E-state index is 11.7. The fraction of sp³-hybridized carbons (Fsp3) is 0.346. The number of pyridine rings is 1. The van der Waals surface area contributed by atoms with Crippen LogP contribution in [0.15, 0.2) is 47.5 Å². The van der Waals surface area contributed by atoms with E-state index in [1.54, 1.807) is 18.4 Å². The third kappa shape index (κ3) is 6.45. The number of carbonyl (C=O) groups is 1. The molecule has 0 radical (unpaired) electrons. The van der Waals surface area contributed by atoms with E-state index in [2.05, 4.69) is 26.8 Å². The minimum atomic E-state index is -0.454. The lowest BCUT2D eigenvalue weighted by Gasteiger charge is -2.29. The molecule has 0 unspecified atom stereocenters. The Bertz CT molecular complexity index is 1240. The van der Waals surface area contributed by atoms with Crippen LogP contribution in [-0.4, -0.2) is 68.4 Å². The number of ether oxygens (including phenoxy) is 1. The zero-order valence-corrected chi connectivity index (χ0v) is 21.1. The Morgan fingerprint density at radius 2 is 1.89 bits per heavy atom. The minimum absolute atomic E-state index is 0.454. The van der Waals surface area contributed by atoms with Crippen LogP contribution in [0.3, 0.4) is 0 Å². The number of anilines is 1. The number of likely N-dealkylation sites (tertiary alicyclic amines) is 1. The molecule has 2 aromatic heterocycles. The van der Waals surface area contributed by atoms with Gasteiger partial charge in [0.1, 0.15) is 0 Å². The van der Waals surface area contributed by atoms with Gasteiger partial charge in [0.25, 0.3) is 5.91 Å². The maximum Gasteiger partial charge on any atom is 0.258 e. The SMILES string of the molecule is CN1CCC1.Cc1cccc(/C(N)=C/C=Nc2cc(N3CCOCC3)c3sc(C(N)=O)cc3n2)c1. The van der Waals surface area contributed by atoms with Gasteiger partial charge in [-0.05, 0) is 57.3 Å². The second-order valence-corrected chi connectivity index (χ2v) is 9.77. The molecule has 1 aromatic carbocycles. The Morgan fingerprint density at radius 3 is 2.51 bits per heavy atom. The number of aryl methyl sites for hydroxylation is 1. The molecule has 8 nitrogen and oxygen atoms in total. The lowest BCUT2D eigenvalue weighted by molar-refractivity contribution is 0.100. The van der Waals surface area contributed by atoms with Crippen LogP contribution in [0, 0.1) is 6.92 Å². The number of thiophene rings is 1. The van der Waals surface area contributed by atoms with Crippen LogP contribution >= 0.6 is 11.3 Å². The quantitative estimate of drug-likeness (QED) is 0.527. The van der Waals surface area contributed by atoms with Gasteiger partial charge in [-0.1, -0.05) is 23.8 Å². The second-order valence-electron chi connectivity index (χ2n) is 8.71. The third-order valence-electron chi connectivity index (χ3n) is 5.93. The molecule has 2 saturated heterocycles. The Hall–Kier alpha value is -3.27. The number of allylic oxidation sites excluding steroid dienone is 1. The zero-order chi connectivity index (χ0) is 24.8. The fourth-order valence-electron chi connectivity index (χ4n) is 3.81. The molecular weight excluding hydrogens is 460 g/mol. The monoisotopic (exact) mass is 492 g/mol. The van der Waals surface area contributed by atoms with Crippen molar-refractivity contribution >= 4 is 50.9 Å². The molecule has 2 fully saturated rings. The molecule has 9 heteroatoms. The number of fused-ring (bicyclic) bond motifs is 1. The number of primary amides is 1. The van der Waals surface area contributed by atoms with Crippen LogP contribution in [0.5, 0.6) is 0 Å². The highest BCUT2D eigenvalue weighted by atomic mass is 32.1.